The number of para-hydroxylation sites is 2. The third-order valence-electron chi connectivity index (χ3n) is 13.2. The highest BCUT2D eigenvalue weighted by molar-refractivity contribution is 6.90. The number of benzene rings is 9. The van der Waals surface area contributed by atoms with Gasteiger partial charge in [-0.25, -0.2) is 0 Å². The van der Waals surface area contributed by atoms with Gasteiger partial charge in [-0.3, -0.25) is 0 Å². The molecule has 0 N–H and O–H groups in total. The molecule has 0 atom stereocenters. The van der Waals surface area contributed by atoms with Crippen LogP contribution in [-0.2, 0) is 0 Å². The molecule has 3 aliphatic rings. The quantitative estimate of drug-likeness (QED) is 0.146. The predicted molar refractivity (Wildman–Crippen MR) is 226 cm³/mol. The fourth-order valence-corrected chi connectivity index (χ4v) is 11.3. The summed E-state index contributed by atoms with van der Waals surface area (Å²) in [7, 11) is 0. The summed E-state index contributed by atoms with van der Waals surface area (Å²) in [5.41, 5.74) is 18.6. The van der Waals surface area contributed by atoms with E-state index in [-0.39, 0.29) is 6.85 Å². The normalized spacial score (nSPS) is 13.5. The minimum atomic E-state index is -0.0670. The largest absolute Gasteiger partial charge is 0.455 e. The molecule has 0 spiro atoms. The van der Waals surface area contributed by atoms with Crippen LogP contribution in [0.1, 0.15) is 0 Å². The lowest BCUT2D eigenvalue weighted by atomic mass is 9.45. The highest BCUT2D eigenvalue weighted by Gasteiger charge is 2.44. The molecule has 2 aliphatic heterocycles. The number of fused-ring (bicyclic) bond motifs is 17. The van der Waals surface area contributed by atoms with Crippen molar-refractivity contribution in [2.75, 3.05) is 0 Å². The van der Waals surface area contributed by atoms with E-state index in [1.807, 2.05) is 0 Å². The molecule has 9 aromatic carbocycles. The average Bonchev–Trinajstić information content (AvgIpc) is 3.86. The van der Waals surface area contributed by atoms with Crippen molar-refractivity contribution in [1.29, 1.82) is 0 Å². The van der Waals surface area contributed by atoms with E-state index in [1.54, 1.807) is 0 Å². The summed E-state index contributed by atoms with van der Waals surface area (Å²) in [6.45, 7) is -0.0670. The number of hydrogen-bond donors (Lipinski definition) is 0. The van der Waals surface area contributed by atoms with Crippen LogP contribution in [0.4, 0.5) is 0 Å². The summed E-state index contributed by atoms with van der Waals surface area (Å²) in [5.74, 6) is 0. The molecule has 12 aromatic rings. The molecule has 3 nitrogen and oxygen atoms in total. The fourth-order valence-electron chi connectivity index (χ4n) is 11.3. The Labute approximate surface area is 308 Å². The van der Waals surface area contributed by atoms with Crippen molar-refractivity contribution in [2.24, 2.45) is 0 Å². The van der Waals surface area contributed by atoms with E-state index >= 15 is 0 Å². The lowest BCUT2D eigenvalue weighted by Gasteiger charge is -2.34. The minimum absolute atomic E-state index is 0.0670. The molecular weight excluding hydrogens is 655 g/mol. The molecule has 244 valence electrons. The summed E-state index contributed by atoms with van der Waals surface area (Å²) in [5, 5.41) is 12.8. The van der Waals surface area contributed by atoms with Crippen LogP contribution in [0, 0.1) is 0 Å². The molecule has 54 heavy (non-hydrogen) atoms. The van der Waals surface area contributed by atoms with Gasteiger partial charge in [0.15, 0.2) is 0 Å². The Morgan fingerprint density at radius 1 is 0.444 bits per heavy atom. The highest BCUT2D eigenvalue weighted by atomic mass is 16.3. The standard InChI is InChI=1S/C50H25BN2O/c1-2-13-28-26(11-1)23-36-45-47-40(25-35-31-16-6-8-22-41(31)54-50(35)45)52-39-21-10-19-33-30-15-4-3-14-29(30)32-18-9-12-27-24-37(49(52)46(42(27)32)44(33)39)51(47)53-38-20-7-5-17-34(38)43(28)48(36)53/h1-25H. The Morgan fingerprint density at radius 3 is 2.02 bits per heavy atom. The predicted octanol–water partition coefficient (Wildman–Crippen LogP) is 11.7. The number of rotatable bonds is 0. The van der Waals surface area contributed by atoms with Gasteiger partial charge in [0.1, 0.15) is 11.2 Å². The van der Waals surface area contributed by atoms with E-state index in [0.29, 0.717) is 0 Å². The van der Waals surface area contributed by atoms with Gasteiger partial charge < -0.3 is 13.5 Å². The Hall–Kier alpha value is -7.04. The summed E-state index contributed by atoms with van der Waals surface area (Å²) in [6, 6.07) is 56.8. The third kappa shape index (κ3) is 2.78. The maximum atomic E-state index is 7.02. The van der Waals surface area contributed by atoms with Crippen LogP contribution in [0.2, 0.25) is 0 Å². The molecule has 0 radical (unpaired) electrons. The van der Waals surface area contributed by atoms with E-state index < -0.39 is 0 Å². The second-order valence-corrected chi connectivity index (χ2v) is 15.5. The molecule has 0 unspecified atom stereocenters. The van der Waals surface area contributed by atoms with E-state index in [0.717, 1.165) is 21.9 Å². The van der Waals surface area contributed by atoms with Crippen molar-refractivity contribution in [3.63, 3.8) is 0 Å². The smallest absolute Gasteiger partial charge is 0.333 e. The molecule has 1 aliphatic carbocycles. The van der Waals surface area contributed by atoms with Gasteiger partial charge in [-0.15, -0.1) is 0 Å². The maximum absolute atomic E-state index is 7.02. The van der Waals surface area contributed by atoms with Crippen LogP contribution in [0.15, 0.2) is 156 Å². The number of hydrogen-bond acceptors (Lipinski definition) is 1. The molecule has 0 saturated heterocycles. The van der Waals surface area contributed by atoms with Crippen molar-refractivity contribution < 1.29 is 4.42 Å². The lowest BCUT2D eigenvalue weighted by molar-refractivity contribution is 0.670. The zero-order valence-corrected chi connectivity index (χ0v) is 28.8. The molecule has 0 fully saturated rings. The van der Waals surface area contributed by atoms with Gasteiger partial charge in [0.05, 0.1) is 11.0 Å². The first-order valence-electron chi connectivity index (χ1n) is 18.9. The number of nitrogens with zero attached hydrogens (tertiary/aromatic N) is 2. The summed E-state index contributed by atoms with van der Waals surface area (Å²) >= 11 is 0. The maximum Gasteiger partial charge on any atom is 0.333 e. The molecule has 0 saturated carbocycles. The van der Waals surface area contributed by atoms with Gasteiger partial charge in [0.2, 0.25) is 0 Å². The van der Waals surface area contributed by atoms with Crippen LogP contribution < -0.4 is 10.9 Å². The van der Waals surface area contributed by atoms with Gasteiger partial charge in [-0.05, 0) is 85.1 Å². The van der Waals surface area contributed by atoms with Crippen molar-refractivity contribution >= 4 is 105 Å². The van der Waals surface area contributed by atoms with Gasteiger partial charge in [0.25, 0.3) is 0 Å². The van der Waals surface area contributed by atoms with Gasteiger partial charge in [-0.2, -0.15) is 0 Å². The van der Waals surface area contributed by atoms with Crippen LogP contribution >= 0.6 is 0 Å². The third-order valence-corrected chi connectivity index (χ3v) is 13.2. The topological polar surface area (TPSA) is 23.0 Å². The summed E-state index contributed by atoms with van der Waals surface area (Å²) < 4.78 is 12.3. The minimum Gasteiger partial charge on any atom is -0.455 e. The second kappa shape index (κ2) is 8.77. The highest BCUT2D eigenvalue weighted by Crippen LogP contribution is 2.53. The molecule has 15 rings (SSSR count). The van der Waals surface area contributed by atoms with E-state index in [1.165, 1.54) is 115 Å². The molecular formula is C50H25BN2O. The summed E-state index contributed by atoms with van der Waals surface area (Å²) in [4.78, 5) is 0. The number of furan rings is 1. The van der Waals surface area contributed by atoms with Gasteiger partial charge >= 0.3 is 6.85 Å². The molecule has 4 heteroatoms. The van der Waals surface area contributed by atoms with Crippen LogP contribution in [0.3, 0.4) is 0 Å². The van der Waals surface area contributed by atoms with Crippen molar-refractivity contribution in [1.82, 2.24) is 9.05 Å². The number of aromatic nitrogens is 2. The fraction of sp³-hybridized carbons (Fsp3) is 0. The van der Waals surface area contributed by atoms with Crippen molar-refractivity contribution in [2.45, 2.75) is 0 Å². The molecule has 3 aromatic heterocycles. The monoisotopic (exact) mass is 680 g/mol. The lowest BCUT2D eigenvalue weighted by Crippen LogP contribution is -2.55. The Bertz CT molecular complexity index is 3800. The first-order chi connectivity index (χ1) is 26.8. The SMILES string of the molecule is c1ccc2c(c1)-c1cccc3cc4c5c(c13)c1c-2cccc1n5-c1cc2c(oc3ccccc32)c2c1B4n1c3ccccc3c3c4ccccc4cc-2c31. The zero-order valence-electron chi connectivity index (χ0n) is 28.8. The van der Waals surface area contributed by atoms with Crippen LogP contribution in [0.5, 0.6) is 0 Å². The van der Waals surface area contributed by atoms with Gasteiger partial charge in [0, 0.05) is 60.2 Å². The average molecular weight is 681 g/mol. The summed E-state index contributed by atoms with van der Waals surface area (Å²) in [6.07, 6.45) is 0. The van der Waals surface area contributed by atoms with Crippen LogP contribution in [-0.4, -0.2) is 15.9 Å². The Morgan fingerprint density at radius 2 is 1.13 bits per heavy atom. The molecule has 0 amide bonds. The zero-order chi connectivity index (χ0) is 34.6. The van der Waals surface area contributed by atoms with Gasteiger partial charge in [-0.1, -0.05) is 121 Å². The van der Waals surface area contributed by atoms with E-state index in [4.69, 9.17) is 4.42 Å². The Kier molecular flexibility index (Phi) is 4.33. The first kappa shape index (κ1) is 26.7. The molecule has 5 heterocycles. The Balaban J connectivity index is 1.27. The van der Waals surface area contributed by atoms with Crippen molar-refractivity contribution in [3.8, 4) is 39.1 Å². The first-order valence-corrected chi connectivity index (χ1v) is 18.9. The van der Waals surface area contributed by atoms with E-state index in [9.17, 15) is 0 Å². The van der Waals surface area contributed by atoms with E-state index in [2.05, 4.69) is 161 Å². The van der Waals surface area contributed by atoms with Crippen LogP contribution in [0.25, 0.3) is 126 Å². The molecule has 0 bridgehead atoms. The second-order valence-electron chi connectivity index (χ2n) is 15.5. The van der Waals surface area contributed by atoms with Crippen molar-refractivity contribution in [3.05, 3.63) is 152 Å².